The van der Waals surface area contributed by atoms with E-state index >= 15 is 0 Å². The van der Waals surface area contributed by atoms with Gasteiger partial charge in [0.25, 0.3) is 0 Å². The Labute approximate surface area is 98.7 Å². The highest BCUT2D eigenvalue weighted by molar-refractivity contribution is 7.88. The van der Waals surface area contributed by atoms with Crippen LogP contribution in [0.25, 0.3) is 11.0 Å². The van der Waals surface area contributed by atoms with E-state index in [-0.39, 0.29) is 5.92 Å². The minimum absolute atomic E-state index is 0.193. The van der Waals surface area contributed by atoms with E-state index in [0.29, 0.717) is 18.7 Å². The van der Waals surface area contributed by atoms with Crippen molar-refractivity contribution >= 4 is 21.1 Å². The van der Waals surface area contributed by atoms with E-state index in [0.717, 1.165) is 11.1 Å². The minimum atomic E-state index is -3.06. The van der Waals surface area contributed by atoms with Gasteiger partial charge in [0.15, 0.2) is 5.65 Å². The molecule has 0 bridgehead atoms. The molecule has 1 saturated heterocycles. The topological polar surface area (TPSA) is 79.0 Å². The molecule has 1 fully saturated rings. The summed E-state index contributed by atoms with van der Waals surface area (Å²) >= 11 is 0. The van der Waals surface area contributed by atoms with Gasteiger partial charge in [0.1, 0.15) is 0 Å². The van der Waals surface area contributed by atoms with E-state index in [1.54, 1.807) is 6.20 Å². The number of rotatable bonds is 2. The molecule has 7 heteroatoms. The van der Waals surface area contributed by atoms with Gasteiger partial charge in [-0.2, -0.15) is 5.10 Å². The first kappa shape index (κ1) is 10.7. The summed E-state index contributed by atoms with van der Waals surface area (Å²) < 4.78 is 24.0. The van der Waals surface area contributed by atoms with E-state index in [2.05, 4.69) is 15.2 Å². The number of aromatic amines is 1. The highest BCUT2D eigenvalue weighted by Gasteiger charge is 2.35. The maximum atomic E-state index is 11.3. The Bertz CT molecular complexity index is 658. The van der Waals surface area contributed by atoms with Crippen molar-refractivity contribution in [3.63, 3.8) is 0 Å². The molecule has 3 rings (SSSR count). The van der Waals surface area contributed by atoms with Gasteiger partial charge in [-0.25, -0.2) is 17.7 Å². The normalized spacial score (nSPS) is 18.4. The van der Waals surface area contributed by atoms with Crippen LogP contribution in [0.15, 0.2) is 18.3 Å². The van der Waals surface area contributed by atoms with E-state index in [4.69, 9.17) is 0 Å². The molecule has 0 spiro atoms. The third-order valence-corrected chi connectivity index (χ3v) is 4.32. The van der Waals surface area contributed by atoms with Crippen molar-refractivity contribution in [3.8, 4) is 0 Å². The van der Waals surface area contributed by atoms with Gasteiger partial charge in [-0.05, 0) is 12.1 Å². The number of H-pyrrole nitrogens is 1. The van der Waals surface area contributed by atoms with Crippen molar-refractivity contribution in [2.75, 3.05) is 19.3 Å². The average Bonchev–Trinajstić information content (AvgIpc) is 2.58. The number of hydrogen-bond donors (Lipinski definition) is 1. The maximum absolute atomic E-state index is 11.3. The van der Waals surface area contributed by atoms with Gasteiger partial charge in [0, 0.05) is 30.6 Å². The van der Waals surface area contributed by atoms with Crippen molar-refractivity contribution in [3.05, 3.63) is 24.0 Å². The van der Waals surface area contributed by atoms with Gasteiger partial charge in [0.2, 0.25) is 10.0 Å². The Morgan fingerprint density at radius 3 is 2.94 bits per heavy atom. The second-order valence-electron chi connectivity index (χ2n) is 4.29. The predicted octanol–water partition coefficient (Wildman–Crippen LogP) is 0.317. The summed E-state index contributed by atoms with van der Waals surface area (Å²) in [6, 6.07) is 3.80. The predicted molar refractivity (Wildman–Crippen MR) is 63.0 cm³/mol. The lowest BCUT2D eigenvalue weighted by Gasteiger charge is -2.36. The molecule has 1 aliphatic rings. The number of aromatic nitrogens is 3. The molecular formula is C10H12N4O2S. The van der Waals surface area contributed by atoms with Gasteiger partial charge in [0.05, 0.1) is 11.9 Å². The largest absolute Gasteiger partial charge is 0.279 e. The van der Waals surface area contributed by atoms with Crippen molar-refractivity contribution in [1.29, 1.82) is 0 Å². The number of nitrogens with one attached hydrogen (secondary N) is 1. The van der Waals surface area contributed by atoms with Crippen LogP contribution in [0.1, 0.15) is 11.6 Å². The van der Waals surface area contributed by atoms with Crippen LogP contribution in [0.5, 0.6) is 0 Å². The van der Waals surface area contributed by atoms with Gasteiger partial charge < -0.3 is 0 Å². The van der Waals surface area contributed by atoms with Crippen LogP contribution in [0, 0.1) is 0 Å². The van der Waals surface area contributed by atoms with E-state index in [1.807, 2.05) is 12.1 Å². The lowest BCUT2D eigenvalue weighted by Crippen LogP contribution is -2.48. The summed E-state index contributed by atoms with van der Waals surface area (Å²) in [5.41, 5.74) is 1.66. The number of fused-ring (bicyclic) bond motifs is 1. The van der Waals surface area contributed by atoms with Gasteiger partial charge in [-0.3, -0.25) is 5.10 Å². The van der Waals surface area contributed by atoms with Crippen molar-refractivity contribution in [1.82, 2.24) is 19.5 Å². The fourth-order valence-electron chi connectivity index (χ4n) is 2.07. The quantitative estimate of drug-likeness (QED) is 0.834. The molecule has 1 aliphatic heterocycles. The molecule has 3 heterocycles. The molecule has 0 atom stereocenters. The van der Waals surface area contributed by atoms with E-state index < -0.39 is 10.0 Å². The zero-order valence-electron chi connectivity index (χ0n) is 9.29. The lowest BCUT2D eigenvalue weighted by molar-refractivity contribution is 0.263. The highest BCUT2D eigenvalue weighted by atomic mass is 32.2. The maximum Gasteiger partial charge on any atom is 0.211 e. The highest BCUT2D eigenvalue weighted by Crippen LogP contribution is 2.31. The van der Waals surface area contributed by atoms with Crippen molar-refractivity contribution in [2.45, 2.75) is 5.92 Å². The average molecular weight is 252 g/mol. The van der Waals surface area contributed by atoms with E-state index in [9.17, 15) is 8.42 Å². The van der Waals surface area contributed by atoms with Crippen molar-refractivity contribution in [2.24, 2.45) is 0 Å². The summed E-state index contributed by atoms with van der Waals surface area (Å²) in [4.78, 5) is 4.14. The van der Waals surface area contributed by atoms with Crippen molar-refractivity contribution < 1.29 is 8.42 Å². The fraction of sp³-hybridized carbons (Fsp3) is 0.400. The molecule has 17 heavy (non-hydrogen) atoms. The zero-order valence-corrected chi connectivity index (χ0v) is 10.1. The Morgan fingerprint density at radius 2 is 2.24 bits per heavy atom. The SMILES string of the molecule is CS(=O)(=O)N1CC(c2[nH]nc3ncccc23)C1. The van der Waals surface area contributed by atoms with Crippen LogP contribution < -0.4 is 0 Å². The zero-order chi connectivity index (χ0) is 12.0. The van der Waals surface area contributed by atoms with Crippen LogP contribution in [0.3, 0.4) is 0 Å². The third-order valence-electron chi connectivity index (χ3n) is 3.08. The fourth-order valence-corrected chi connectivity index (χ4v) is 2.97. The molecule has 2 aromatic heterocycles. The molecule has 0 radical (unpaired) electrons. The first-order chi connectivity index (χ1) is 8.05. The summed E-state index contributed by atoms with van der Waals surface area (Å²) in [7, 11) is -3.06. The van der Waals surface area contributed by atoms with Crippen LogP contribution in [-0.2, 0) is 10.0 Å². The van der Waals surface area contributed by atoms with Gasteiger partial charge in [-0.15, -0.1) is 0 Å². The van der Waals surface area contributed by atoms with Crippen LogP contribution in [0.2, 0.25) is 0 Å². The molecule has 0 amide bonds. The monoisotopic (exact) mass is 252 g/mol. The summed E-state index contributed by atoms with van der Waals surface area (Å²) in [5, 5.41) is 8.04. The number of nitrogens with zero attached hydrogens (tertiary/aromatic N) is 3. The standard InChI is InChI=1S/C10H12N4O2S/c1-17(15,16)14-5-7(6-14)9-8-3-2-4-11-10(8)13-12-9/h2-4,7H,5-6H2,1H3,(H,11,12,13). The van der Waals surface area contributed by atoms with Crippen LogP contribution in [-0.4, -0.2) is 47.2 Å². The van der Waals surface area contributed by atoms with Gasteiger partial charge in [-0.1, -0.05) is 0 Å². The smallest absolute Gasteiger partial charge is 0.211 e. The Balaban J connectivity index is 1.88. The summed E-state index contributed by atoms with van der Waals surface area (Å²) in [6.07, 6.45) is 2.92. The molecule has 0 aromatic carbocycles. The first-order valence-electron chi connectivity index (χ1n) is 5.30. The molecular weight excluding hydrogens is 240 g/mol. The molecule has 0 aliphatic carbocycles. The molecule has 1 N–H and O–H groups in total. The van der Waals surface area contributed by atoms with Gasteiger partial charge >= 0.3 is 0 Å². The number of hydrogen-bond acceptors (Lipinski definition) is 4. The Hall–Kier alpha value is -1.47. The molecule has 0 saturated carbocycles. The second kappa shape index (κ2) is 3.51. The second-order valence-corrected chi connectivity index (χ2v) is 6.27. The first-order valence-corrected chi connectivity index (χ1v) is 7.14. The van der Waals surface area contributed by atoms with E-state index in [1.165, 1.54) is 10.6 Å². The Kier molecular flexibility index (Phi) is 2.20. The summed E-state index contributed by atoms with van der Waals surface area (Å²) in [6.45, 7) is 1.04. The number of sulfonamides is 1. The summed E-state index contributed by atoms with van der Waals surface area (Å²) in [5.74, 6) is 0.193. The molecule has 2 aromatic rings. The Morgan fingerprint density at radius 1 is 1.47 bits per heavy atom. The molecule has 0 unspecified atom stereocenters. The number of pyridine rings is 1. The molecule has 90 valence electrons. The third kappa shape index (κ3) is 1.71. The van der Waals surface area contributed by atoms with Crippen LogP contribution in [0.4, 0.5) is 0 Å². The minimum Gasteiger partial charge on any atom is -0.279 e. The van der Waals surface area contributed by atoms with Crippen LogP contribution >= 0.6 is 0 Å². The molecule has 6 nitrogen and oxygen atoms in total. The lowest BCUT2D eigenvalue weighted by atomic mass is 9.97.